The molecule has 0 radical (unpaired) electrons. The van der Waals surface area contributed by atoms with Crippen LogP contribution in [0, 0.1) is 6.92 Å². The number of pyridine rings is 2. The van der Waals surface area contributed by atoms with Gasteiger partial charge in [0.2, 0.25) is 0 Å². The van der Waals surface area contributed by atoms with Crippen molar-refractivity contribution < 1.29 is 18.0 Å². The highest BCUT2D eigenvalue weighted by Crippen LogP contribution is 2.30. The first kappa shape index (κ1) is 20.9. The number of aryl methyl sites for hydroxylation is 1. The van der Waals surface area contributed by atoms with Crippen molar-refractivity contribution in [2.45, 2.75) is 26.2 Å². The lowest BCUT2D eigenvalue weighted by Crippen LogP contribution is -2.44. The fraction of sp³-hybridized carbons (Fsp3) is 0.217. The van der Waals surface area contributed by atoms with Gasteiger partial charge in [0.1, 0.15) is 17.1 Å². The van der Waals surface area contributed by atoms with Crippen LogP contribution in [-0.2, 0) is 19.3 Å². The van der Waals surface area contributed by atoms with Crippen LogP contribution in [0.1, 0.15) is 27.4 Å². The van der Waals surface area contributed by atoms with Gasteiger partial charge in [0.05, 0.1) is 17.5 Å². The van der Waals surface area contributed by atoms with Gasteiger partial charge in [0, 0.05) is 31.2 Å². The number of amides is 1. The molecule has 0 unspecified atom stereocenters. The molecule has 168 valence electrons. The third-order valence-electron chi connectivity index (χ3n) is 5.70. The van der Waals surface area contributed by atoms with E-state index in [-0.39, 0.29) is 42.3 Å². The molecule has 4 heterocycles. The highest BCUT2D eigenvalue weighted by atomic mass is 19.4. The van der Waals surface area contributed by atoms with Gasteiger partial charge in [-0.1, -0.05) is 24.3 Å². The molecule has 1 aliphatic heterocycles. The van der Waals surface area contributed by atoms with Crippen molar-refractivity contribution in [1.29, 1.82) is 0 Å². The van der Waals surface area contributed by atoms with E-state index < -0.39 is 11.9 Å². The van der Waals surface area contributed by atoms with Crippen LogP contribution >= 0.6 is 0 Å². The molecule has 0 spiro atoms. The minimum Gasteiger partial charge on any atom is -0.331 e. The first-order chi connectivity index (χ1) is 15.7. The van der Waals surface area contributed by atoms with E-state index in [1.807, 2.05) is 6.92 Å². The van der Waals surface area contributed by atoms with Crippen molar-refractivity contribution in [3.05, 3.63) is 88.0 Å². The van der Waals surface area contributed by atoms with Gasteiger partial charge in [-0.05, 0) is 30.7 Å². The monoisotopic (exact) mass is 453 g/mol. The van der Waals surface area contributed by atoms with Crippen LogP contribution < -0.4 is 5.56 Å². The van der Waals surface area contributed by atoms with Crippen molar-refractivity contribution in [3.63, 3.8) is 0 Å². The van der Waals surface area contributed by atoms with Crippen molar-refractivity contribution in [2.24, 2.45) is 0 Å². The van der Waals surface area contributed by atoms with E-state index in [0.29, 0.717) is 16.6 Å². The number of alkyl halides is 3. The summed E-state index contributed by atoms with van der Waals surface area (Å²) in [5.41, 5.74) is 0.805. The number of fused-ring (bicyclic) bond motifs is 2. The van der Waals surface area contributed by atoms with E-state index in [1.54, 1.807) is 47.4 Å². The van der Waals surface area contributed by atoms with Crippen molar-refractivity contribution >= 4 is 16.8 Å². The second-order valence-corrected chi connectivity index (χ2v) is 7.89. The van der Waals surface area contributed by atoms with Crippen molar-refractivity contribution in [3.8, 4) is 5.69 Å². The molecule has 1 amide bonds. The number of aromatic nitrogens is 4. The van der Waals surface area contributed by atoms with Crippen LogP contribution in [0.25, 0.3) is 16.6 Å². The second-order valence-electron chi connectivity index (χ2n) is 7.89. The molecule has 0 saturated heterocycles. The van der Waals surface area contributed by atoms with E-state index >= 15 is 0 Å². The quantitative estimate of drug-likeness (QED) is 0.476. The zero-order valence-corrected chi connectivity index (χ0v) is 17.5. The Kier molecular flexibility index (Phi) is 4.80. The van der Waals surface area contributed by atoms with Crippen molar-refractivity contribution in [2.75, 3.05) is 6.54 Å². The van der Waals surface area contributed by atoms with Gasteiger partial charge in [-0.3, -0.25) is 9.59 Å². The minimum absolute atomic E-state index is 0.0845. The fourth-order valence-corrected chi connectivity index (χ4v) is 4.06. The third kappa shape index (κ3) is 3.67. The molecule has 10 heteroatoms. The molecule has 33 heavy (non-hydrogen) atoms. The minimum atomic E-state index is -4.56. The van der Waals surface area contributed by atoms with Gasteiger partial charge in [-0.2, -0.15) is 13.2 Å². The molecule has 1 aromatic carbocycles. The average Bonchev–Trinajstić information content (AvgIpc) is 3.21. The number of nitrogens with zero attached hydrogens (tertiary/aromatic N) is 5. The maximum atomic E-state index is 13.2. The Morgan fingerprint density at radius 1 is 1.03 bits per heavy atom. The van der Waals surface area contributed by atoms with Crippen molar-refractivity contribution in [1.82, 2.24) is 24.0 Å². The maximum absolute atomic E-state index is 13.2. The average molecular weight is 453 g/mol. The Morgan fingerprint density at radius 2 is 1.85 bits per heavy atom. The summed E-state index contributed by atoms with van der Waals surface area (Å²) in [6, 6.07) is 10.5. The molecule has 0 fully saturated rings. The van der Waals surface area contributed by atoms with Crippen LogP contribution in [0.5, 0.6) is 0 Å². The maximum Gasteiger partial charge on any atom is 0.433 e. The molecular formula is C23H18F3N5O2. The Hall–Kier alpha value is -3.95. The smallest absolute Gasteiger partial charge is 0.331 e. The number of rotatable bonds is 3. The highest BCUT2D eigenvalue weighted by molar-refractivity contribution is 5.93. The van der Waals surface area contributed by atoms with Gasteiger partial charge in [-0.25, -0.2) is 9.97 Å². The molecule has 0 bridgehead atoms. The second kappa shape index (κ2) is 7.58. The van der Waals surface area contributed by atoms with Gasteiger partial charge in [-0.15, -0.1) is 0 Å². The zero-order valence-electron chi connectivity index (χ0n) is 17.5. The summed E-state index contributed by atoms with van der Waals surface area (Å²) in [6.45, 7) is 2.41. The standard InChI is InChI=1S/C23H18F3N5O2/c1-14-11-30(13-27-14)17-6-7-18-21(32)29(9-10-31(18)22(17)33)12-16-4-2-3-15-5-8-19(23(24,25)26)28-20(15)16/h2-8,11,13H,9-10,12H2,1H3. The molecule has 4 aromatic rings. The Balaban J connectivity index is 1.48. The number of hydrogen-bond donors (Lipinski definition) is 0. The molecule has 0 saturated carbocycles. The first-order valence-electron chi connectivity index (χ1n) is 10.2. The van der Waals surface area contributed by atoms with Crippen LogP contribution in [0.4, 0.5) is 13.2 Å². The summed E-state index contributed by atoms with van der Waals surface area (Å²) >= 11 is 0. The fourth-order valence-electron chi connectivity index (χ4n) is 4.06. The number of carbonyl (C=O) groups excluding carboxylic acids is 1. The third-order valence-corrected chi connectivity index (χ3v) is 5.70. The largest absolute Gasteiger partial charge is 0.433 e. The SMILES string of the molecule is Cc1cn(-c2ccc3n(c2=O)CCN(Cc2cccc4ccc(C(F)(F)F)nc24)C3=O)cn1. The normalized spacial score (nSPS) is 14.1. The topological polar surface area (TPSA) is 73.0 Å². The lowest BCUT2D eigenvalue weighted by Gasteiger charge is -2.30. The lowest BCUT2D eigenvalue weighted by atomic mass is 10.1. The van der Waals surface area contributed by atoms with Crippen LogP contribution in [0.15, 0.2) is 59.8 Å². The van der Waals surface area contributed by atoms with E-state index in [2.05, 4.69) is 9.97 Å². The van der Waals surface area contributed by atoms with Gasteiger partial charge >= 0.3 is 6.18 Å². The van der Waals surface area contributed by atoms with Crippen LogP contribution in [0.3, 0.4) is 0 Å². The zero-order chi connectivity index (χ0) is 23.3. The predicted octanol–water partition coefficient (Wildman–Crippen LogP) is 3.57. The summed E-state index contributed by atoms with van der Waals surface area (Å²) in [5, 5.41) is 0.557. The van der Waals surface area contributed by atoms with Crippen LogP contribution in [-0.4, -0.2) is 36.5 Å². The molecule has 0 atom stereocenters. The summed E-state index contributed by atoms with van der Waals surface area (Å²) in [5.74, 6) is -0.365. The Labute approximate surface area is 185 Å². The summed E-state index contributed by atoms with van der Waals surface area (Å²) in [4.78, 5) is 35.6. The van der Waals surface area contributed by atoms with E-state index in [4.69, 9.17) is 0 Å². The van der Waals surface area contributed by atoms with E-state index in [1.165, 1.54) is 15.5 Å². The first-order valence-corrected chi connectivity index (χ1v) is 10.2. The number of carbonyl (C=O) groups is 1. The number of imidazole rings is 1. The molecule has 5 rings (SSSR count). The Morgan fingerprint density at radius 3 is 2.58 bits per heavy atom. The van der Waals surface area contributed by atoms with Gasteiger partial charge in [0.25, 0.3) is 11.5 Å². The molecule has 0 aliphatic carbocycles. The molecular weight excluding hydrogens is 435 g/mol. The number of benzene rings is 1. The number of halogens is 3. The molecule has 3 aromatic heterocycles. The summed E-state index contributed by atoms with van der Waals surface area (Å²) in [7, 11) is 0. The summed E-state index contributed by atoms with van der Waals surface area (Å²) in [6.07, 6.45) is -1.30. The van der Waals surface area contributed by atoms with Gasteiger partial charge < -0.3 is 14.0 Å². The number of para-hydroxylation sites is 1. The number of hydrogen-bond acceptors (Lipinski definition) is 4. The molecule has 7 nitrogen and oxygen atoms in total. The Bertz CT molecular complexity index is 1450. The highest BCUT2D eigenvalue weighted by Gasteiger charge is 2.33. The van der Waals surface area contributed by atoms with E-state index in [9.17, 15) is 22.8 Å². The van der Waals surface area contributed by atoms with E-state index in [0.717, 1.165) is 11.8 Å². The van der Waals surface area contributed by atoms with Crippen LogP contribution in [0.2, 0.25) is 0 Å². The predicted molar refractivity (Wildman–Crippen MR) is 114 cm³/mol. The van der Waals surface area contributed by atoms with Gasteiger partial charge in [0.15, 0.2) is 0 Å². The molecule has 1 aliphatic rings. The molecule has 0 N–H and O–H groups in total. The lowest BCUT2D eigenvalue weighted by molar-refractivity contribution is -0.140. The summed E-state index contributed by atoms with van der Waals surface area (Å²) < 4.78 is 42.5.